The highest BCUT2D eigenvalue weighted by Gasteiger charge is 2.69. The zero-order chi connectivity index (χ0) is 28.7. The van der Waals surface area contributed by atoms with Crippen LogP contribution in [0.25, 0.3) is 0 Å². The average Bonchev–Trinajstić information content (AvgIpc) is 3.17. The molecule has 3 amide bonds. The number of imide groups is 1. The summed E-state index contributed by atoms with van der Waals surface area (Å²) >= 11 is 0. The van der Waals surface area contributed by atoms with Crippen LogP contribution in [0.4, 0.5) is 24.5 Å². The van der Waals surface area contributed by atoms with Crippen molar-refractivity contribution in [3.63, 3.8) is 0 Å². The normalized spacial score (nSPS) is 24.1. The molecule has 8 heteroatoms. The predicted molar refractivity (Wildman–Crippen MR) is 146 cm³/mol. The third-order valence-electron chi connectivity index (χ3n) is 8.88. The van der Waals surface area contributed by atoms with Gasteiger partial charge in [0.05, 0.1) is 33.8 Å². The summed E-state index contributed by atoms with van der Waals surface area (Å²) in [4.78, 5) is 43.3. The number of hydrogen-bond donors (Lipinski definition) is 1. The number of nitrogens with zero attached hydrogens (tertiary/aromatic N) is 1. The van der Waals surface area contributed by atoms with Crippen molar-refractivity contribution in [3.8, 4) is 0 Å². The minimum absolute atomic E-state index is 0.0487. The quantitative estimate of drug-likeness (QED) is 0.286. The van der Waals surface area contributed by atoms with Crippen LogP contribution in [0.3, 0.4) is 0 Å². The summed E-state index contributed by atoms with van der Waals surface area (Å²) in [7, 11) is 0. The number of benzene rings is 4. The molecular formula is C33H23F3N2O3. The van der Waals surface area contributed by atoms with Crippen molar-refractivity contribution in [2.75, 3.05) is 10.2 Å². The van der Waals surface area contributed by atoms with E-state index in [4.69, 9.17) is 0 Å². The molecule has 5 nitrogen and oxygen atoms in total. The molecule has 8 rings (SSSR count). The van der Waals surface area contributed by atoms with Crippen LogP contribution in [0, 0.1) is 11.3 Å². The van der Waals surface area contributed by atoms with Gasteiger partial charge in [0.2, 0.25) is 11.8 Å². The Bertz CT molecular complexity index is 1730. The highest BCUT2D eigenvalue weighted by molar-refractivity contribution is 6.27. The molecule has 1 saturated heterocycles. The van der Waals surface area contributed by atoms with Gasteiger partial charge in [-0.1, -0.05) is 72.8 Å². The maximum absolute atomic E-state index is 14.4. The highest BCUT2D eigenvalue weighted by atomic mass is 19.4. The number of para-hydroxylation sites is 2. The Labute approximate surface area is 233 Å². The number of rotatable bonds is 3. The van der Waals surface area contributed by atoms with Gasteiger partial charge in [0.25, 0.3) is 5.91 Å². The number of halogens is 3. The summed E-state index contributed by atoms with van der Waals surface area (Å²) in [5.41, 5.74) is 1.49. The SMILES string of the molecule is C[C@@]12C(=O)N(c3ccccc3C(=O)Nc3ccccc3C(F)(F)F)C(=O)[C@@H]1C1c3ccccc3C2c2ccccc21. The molecule has 4 aromatic rings. The van der Waals surface area contributed by atoms with Crippen molar-refractivity contribution in [1.82, 2.24) is 0 Å². The van der Waals surface area contributed by atoms with Gasteiger partial charge in [-0.2, -0.15) is 13.2 Å². The van der Waals surface area contributed by atoms with Crippen LogP contribution < -0.4 is 10.2 Å². The van der Waals surface area contributed by atoms with E-state index in [1.54, 1.807) is 12.1 Å². The molecule has 0 spiro atoms. The van der Waals surface area contributed by atoms with Crippen LogP contribution >= 0.6 is 0 Å². The summed E-state index contributed by atoms with van der Waals surface area (Å²) in [6, 6.07) is 26.4. The van der Waals surface area contributed by atoms with Crippen LogP contribution in [-0.2, 0) is 15.8 Å². The number of nitrogens with one attached hydrogen (secondary N) is 1. The second-order valence-corrected chi connectivity index (χ2v) is 10.9. The van der Waals surface area contributed by atoms with Gasteiger partial charge < -0.3 is 5.32 Å². The number of anilines is 2. The van der Waals surface area contributed by atoms with Crippen LogP contribution in [0.1, 0.15) is 56.9 Å². The van der Waals surface area contributed by atoms with E-state index in [0.29, 0.717) is 0 Å². The van der Waals surface area contributed by atoms with Crippen LogP contribution in [0.2, 0.25) is 0 Å². The van der Waals surface area contributed by atoms with Gasteiger partial charge in [0.1, 0.15) is 0 Å². The minimum Gasteiger partial charge on any atom is -0.321 e. The van der Waals surface area contributed by atoms with E-state index in [0.717, 1.165) is 39.3 Å². The minimum atomic E-state index is -4.68. The lowest BCUT2D eigenvalue weighted by Crippen LogP contribution is -2.49. The summed E-state index contributed by atoms with van der Waals surface area (Å²) in [5.74, 6) is -3.13. The van der Waals surface area contributed by atoms with Gasteiger partial charge in [-0.15, -0.1) is 0 Å². The zero-order valence-corrected chi connectivity index (χ0v) is 21.8. The smallest absolute Gasteiger partial charge is 0.321 e. The first kappa shape index (κ1) is 25.3. The molecule has 0 saturated carbocycles. The number of carbonyl (C=O) groups excluding carboxylic acids is 3. The molecule has 3 aliphatic carbocycles. The Hall–Kier alpha value is -4.72. The molecule has 204 valence electrons. The van der Waals surface area contributed by atoms with Crippen molar-refractivity contribution in [1.29, 1.82) is 0 Å². The highest BCUT2D eigenvalue weighted by Crippen LogP contribution is 2.67. The van der Waals surface area contributed by atoms with Gasteiger partial charge in [0, 0.05) is 11.8 Å². The zero-order valence-electron chi connectivity index (χ0n) is 21.8. The van der Waals surface area contributed by atoms with E-state index in [2.05, 4.69) is 5.32 Å². The van der Waals surface area contributed by atoms with Crippen molar-refractivity contribution in [2.24, 2.45) is 11.3 Å². The number of carbonyl (C=O) groups is 3. The molecule has 4 aromatic carbocycles. The first-order valence-electron chi connectivity index (χ1n) is 13.3. The first-order valence-corrected chi connectivity index (χ1v) is 13.3. The molecule has 2 bridgehead atoms. The molecule has 1 aliphatic heterocycles. The Balaban J connectivity index is 1.33. The molecular weight excluding hydrogens is 529 g/mol. The molecule has 1 N–H and O–H groups in total. The average molecular weight is 553 g/mol. The van der Waals surface area contributed by atoms with E-state index in [1.807, 2.05) is 55.5 Å². The van der Waals surface area contributed by atoms with E-state index in [-0.39, 0.29) is 23.1 Å². The van der Waals surface area contributed by atoms with Crippen molar-refractivity contribution in [2.45, 2.75) is 24.9 Å². The van der Waals surface area contributed by atoms with E-state index < -0.39 is 46.5 Å². The standard InChI is InChI=1S/C33H23F3N2O3/c1-32-27-20-12-4-2-10-18(20)26(19-11-3-5-13-21(19)27)28(32)30(40)38(31(32)41)25-17-9-6-14-22(25)29(39)37-24-16-8-7-15-23(24)33(34,35)36/h2-17,26-28H,1H3,(H,37,39)/t26?,27?,28-,32-/m0/s1. The van der Waals surface area contributed by atoms with Crippen molar-refractivity contribution >= 4 is 29.1 Å². The van der Waals surface area contributed by atoms with Gasteiger partial charge in [-0.25, -0.2) is 4.90 Å². The van der Waals surface area contributed by atoms with E-state index in [9.17, 15) is 27.6 Å². The fourth-order valence-corrected chi connectivity index (χ4v) is 7.23. The summed E-state index contributed by atoms with van der Waals surface area (Å²) in [6.07, 6.45) is -4.68. The third-order valence-corrected chi connectivity index (χ3v) is 8.88. The number of alkyl halides is 3. The molecule has 1 heterocycles. The monoisotopic (exact) mass is 552 g/mol. The summed E-state index contributed by atoms with van der Waals surface area (Å²) in [5, 5.41) is 2.35. The Morgan fingerprint density at radius 2 is 1.32 bits per heavy atom. The van der Waals surface area contributed by atoms with Gasteiger partial charge in [-0.05, 0) is 53.4 Å². The van der Waals surface area contributed by atoms with Gasteiger partial charge >= 0.3 is 6.18 Å². The maximum atomic E-state index is 14.4. The largest absolute Gasteiger partial charge is 0.418 e. The molecule has 41 heavy (non-hydrogen) atoms. The van der Waals surface area contributed by atoms with Crippen molar-refractivity contribution < 1.29 is 27.6 Å². The lowest BCUT2D eigenvalue weighted by Gasteiger charge is -2.51. The Morgan fingerprint density at radius 1 is 0.780 bits per heavy atom. The van der Waals surface area contributed by atoms with Crippen LogP contribution in [0.15, 0.2) is 97.1 Å². The number of hydrogen-bond acceptors (Lipinski definition) is 3. The molecule has 2 atom stereocenters. The molecule has 4 aliphatic rings. The maximum Gasteiger partial charge on any atom is 0.418 e. The second kappa shape index (κ2) is 8.64. The molecule has 0 aromatic heterocycles. The van der Waals surface area contributed by atoms with Crippen LogP contribution in [0.5, 0.6) is 0 Å². The Morgan fingerprint density at radius 3 is 1.95 bits per heavy atom. The third kappa shape index (κ3) is 3.40. The van der Waals surface area contributed by atoms with E-state index >= 15 is 0 Å². The van der Waals surface area contributed by atoms with Gasteiger partial charge in [0.15, 0.2) is 0 Å². The number of amides is 3. The topological polar surface area (TPSA) is 66.5 Å². The fraction of sp³-hybridized carbons (Fsp3) is 0.182. The fourth-order valence-electron chi connectivity index (χ4n) is 7.23. The Kier molecular flexibility index (Phi) is 5.32. The van der Waals surface area contributed by atoms with Gasteiger partial charge in [-0.3, -0.25) is 14.4 Å². The molecule has 1 fully saturated rings. The first-order chi connectivity index (χ1) is 19.6. The lowest BCUT2D eigenvalue weighted by molar-refractivity contribution is -0.137. The van der Waals surface area contributed by atoms with Crippen molar-refractivity contribution in [3.05, 3.63) is 130 Å². The predicted octanol–water partition coefficient (Wildman–Crippen LogP) is 6.74. The van der Waals surface area contributed by atoms with E-state index in [1.165, 1.54) is 24.3 Å². The molecule has 0 unspecified atom stereocenters. The summed E-state index contributed by atoms with van der Waals surface area (Å²) in [6.45, 7) is 1.82. The lowest BCUT2D eigenvalue weighted by atomic mass is 9.48. The second-order valence-electron chi connectivity index (χ2n) is 10.9. The molecule has 0 radical (unpaired) electrons. The van der Waals surface area contributed by atoms with Crippen LogP contribution in [-0.4, -0.2) is 17.7 Å². The summed E-state index contributed by atoms with van der Waals surface area (Å²) < 4.78 is 40.8.